The zero-order chi connectivity index (χ0) is 14.8. The van der Waals surface area contributed by atoms with E-state index in [9.17, 15) is 4.39 Å². The first-order valence-corrected chi connectivity index (χ1v) is 7.09. The molecule has 0 unspecified atom stereocenters. The molecule has 4 heteroatoms. The average Bonchev–Trinajstić information content (AvgIpc) is 2.50. The lowest BCUT2D eigenvalue weighted by Gasteiger charge is -2.09. The molecule has 2 nitrogen and oxygen atoms in total. The zero-order valence-electron chi connectivity index (χ0n) is 11.4. The number of hydrogen-bond donors (Lipinski definition) is 0. The van der Waals surface area contributed by atoms with Crippen LogP contribution in [0, 0.1) is 12.7 Å². The van der Waals surface area contributed by atoms with Crippen molar-refractivity contribution in [2.75, 3.05) is 0 Å². The van der Waals surface area contributed by atoms with Gasteiger partial charge >= 0.3 is 0 Å². The fourth-order valence-electron chi connectivity index (χ4n) is 2.14. The maximum atomic E-state index is 13.6. The minimum absolute atomic E-state index is 0.300. The number of hydrogen-bond acceptors (Lipinski definition) is 2. The molecule has 0 aliphatic heterocycles. The van der Waals surface area contributed by atoms with Crippen LogP contribution >= 0.6 is 11.6 Å². The highest BCUT2D eigenvalue weighted by atomic mass is 35.5. The molecule has 1 heterocycles. The third-order valence-corrected chi connectivity index (χ3v) is 3.58. The van der Waals surface area contributed by atoms with Gasteiger partial charge in [0.1, 0.15) is 11.6 Å². The summed E-state index contributed by atoms with van der Waals surface area (Å²) in [4.78, 5) is 4.43. The van der Waals surface area contributed by atoms with Gasteiger partial charge in [-0.2, -0.15) is 0 Å². The summed E-state index contributed by atoms with van der Waals surface area (Å²) in [6, 6.07) is 14.2. The smallest absolute Gasteiger partial charge is 0.220 e. The van der Waals surface area contributed by atoms with Crippen LogP contribution < -0.4 is 4.74 Å². The van der Waals surface area contributed by atoms with Crippen molar-refractivity contribution < 1.29 is 9.13 Å². The van der Waals surface area contributed by atoms with Crippen LogP contribution in [-0.4, -0.2) is 4.98 Å². The summed E-state index contributed by atoms with van der Waals surface area (Å²) in [5.74, 6) is 0.890. The van der Waals surface area contributed by atoms with Crippen LogP contribution in [0.4, 0.5) is 4.39 Å². The summed E-state index contributed by atoms with van der Waals surface area (Å²) >= 11 is 5.98. The highest BCUT2D eigenvalue weighted by Crippen LogP contribution is 2.27. The number of benzene rings is 2. The van der Waals surface area contributed by atoms with Crippen molar-refractivity contribution in [3.63, 3.8) is 0 Å². The molecule has 0 atom stereocenters. The summed E-state index contributed by atoms with van der Waals surface area (Å²) in [6.45, 7) is 1.71. The molecule has 0 saturated heterocycles. The molecule has 106 valence electrons. The largest absolute Gasteiger partial charge is 0.439 e. The number of alkyl halides is 1. The van der Waals surface area contributed by atoms with Crippen LogP contribution in [0.1, 0.15) is 11.1 Å². The first-order valence-electron chi connectivity index (χ1n) is 6.56. The summed E-state index contributed by atoms with van der Waals surface area (Å²) in [5, 5.41) is 0.995. The lowest BCUT2D eigenvalue weighted by atomic mass is 10.1. The van der Waals surface area contributed by atoms with Crippen LogP contribution in [0.2, 0.25) is 0 Å². The number of aromatic nitrogens is 1. The van der Waals surface area contributed by atoms with Crippen molar-refractivity contribution in [2.45, 2.75) is 12.8 Å². The molecule has 3 aromatic rings. The topological polar surface area (TPSA) is 22.1 Å². The highest BCUT2D eigenvalue weighted by molar-refractivity contribution is 6.18. The van der Waals surface area contributed by atoms with Gasteiger partial charge in [0.15, 0.2) is 0 Å². The monoisotopic (exact) mass is 301 g/mol. The minimum Gasteiger partial charge on any atom is -0.439 e. The Labute approximate surface area is 127 Å². The zero-order valence-corrected chi connectivity index (χ0v) is 12.2. The van der Waals surface area contributed by atoms with E-state index in [4.69, 9.17) is 16.3 Å². The molecule has 0 aliphatic rings. The molecule has 21 heavy (non-hydrogen) atoms. The van der Waals surface area contributed by atoms with Crippen molar-refractivity contribution in [3.05, 3.63) is 65.5 Å². The Morgan fingerprint density at radius 3 is 2.71 bits per heavy atom. The van der Waals surface area contributed by atoms with Gasteiger partial charge in [-0.25, -0.2) is 9.37 Å². The molecule has 0 aliphatic carbocycles. The Morgan fingerprint density at radius 1 is 1.14 bits per heavy atom. The quantitative estimate of drug-likeness (QED) is 0.619. The van der Waals surface area contributed by atoms with Gasteiger partial charge in [0.2, 0.25) is 5.88 Å². The third-order valence-electron chi connectivity index (χ3n) is 3.29. The number of rotatable bonds is 3. The van der Waals surface area contributed by atoms with Crippen molar-refractivity contribution in [1.82, 2.24) is 4.98 Å². The van der Waals surface area contributed by atoms with Crippen molar-refractivity contribution >= 4 is 22.5 Å². The lowest BCUT2D eigenvalue weighted by molar-refractivity contribution is 0.459. The molecule has 0 spiro atoms. The van der Waals surface area contributed by atoms with Crippen LogP contribution in [0.3, 0.4) is 0 Å². The summed E-state index contributed by atoms with van der Waals surface area (Å²) < 4.78 is 19.2. The average molecular weight is 302 g/mol. The van der Waals surface area contributed by atoms with Crippen molar-refractivity contribution in [1.29, 1.82) is 0 Å². The summed E-state index contributed by atoms with van der Waals surface area (Å²) in [5.41, 5.74) is 2.32. The van der Waals surface area contributed by atoms with Gasteiger partial charge in [0, 0.05) is 23.4 Å². The van der Waals surface area contributed by atoms with Gasteiger partial charge in [-0.3, -0.25) is 0 Å². The molecule has 0 fully saturated rings. The second-order valence-electron chi connectivity index (χ2n) is 4.78. The maximum absolute atomic E-state index is 13.6. The fourth-order valence-corrected chi connectivity index (χ4v) is 2.36. The Morgan fingerprint density at radius 2 is 1.95 bits per heavy atom. The van der Waals surface area contributed by atoms with E-state index in [1.54, 1.807) is 25.1 Å². The SMILES string of the molecule is Cc1ccc(Oc2cc(CCl)c3ccccc3n2)cc1F. The van der Waals surface area contributed by atoms with E-state index in [0.717, 1.165) is 16.5 Å². The van der Waals surface area contributed by atoms with Gasteiger partial charge in [-0.1, -0.05) is 24.3 Å². The summed E-state index contributed by atoms with van der Waals surface area (Å²) in [6.07, 6.45) is 0. The molecule has 0 amide bonds. The second kappa shape index (κ2) is 5.70. The minimum atomic E-state index is -0.300. The van der Waals surface area contributed by atoms with Gasteiger partial charge in [0.25, 0.3) is 0 Å². The number of para-hydroxylation sites is 1. The molecule has 0 saturated carbocycles. The lowest BCUT2D eigenvalue weighted by Crippen LogP contribution is -1.93. The van der Waals surface area contributed by atoms with E-state index in [2.05, 4.69) is 4.98 Å². The van der Waals surface area contributed by atoms with Crippen molar-refractivity contribution in [2.24, 2.45) is 0 Å². The number of aryl methyl sites for hydroxylation is 1. The normalized spacial score (nSPS) is 10.8. The van der Waals surface area contributed by atoms with Gasteiger partial charge < -0.3 is 4.74 Å². The van der Waals surface area contributed by atoms with Crippen molar-refractivity contribution in [3.8, 4) is 11.6 Å². The molecule has 2 aromatic carbocycles. The fraction of sp³-hybridized carbons (Fsp3) is 0.118. The van der Waals surface area contributed by atoms with E-state index < -0.39 is 0 Å². The standard InChI is InChI=1S/C17H13ClFNO/c1-11-6-7-13(9-15(11)19)21-17-8-12(10-18)14-4-2-3-5-16(14)20-17/h2-9H,10H2,1H3. The van der Waals surface area contributed by atoms with Gasteiger partial charge in [-0.05, 0) is 30.2 Å². The Bertz CT molecular complexity index is 804. The van der Waals surface area contributed by atoms with E-state index in [-0.39, 0.29) is 5.82 Å². The highest BCUT2D eigenvalue weighted by Gasteiger charge is 2.08. The Kier molecular flexibility index (Phi) is 3.76. The summed E-state index contributed by atoms with van der Waals surface area (Å²) in [7, 11) is 0. The first-order chi connectivity index (χ1) is 10.2. The van der Waals surface area contributed by atoms with E-state index >= 15 is 0 Å². The number of pyridine rings is 1. The Balaban J connectivity index is 2.02. The number of halogens is 2. The predicted molar refractivity (Wildman–Crippen MR) is 82.5 cm³/mol. The van der Waals surface area contributed by atoms with Crippen LogP contribution in [0.15, 0.2) is 48.5 Å². The molecule has 0 N–H and O–H groups in total. The Hall–Kier alpha value is -2.13. The van der Waals surface area contributed by atoms with E-state index in [1.165, 1.54) is 6.07 Å². The molecular weight excluding hydrogens is 289 g/mol. The van der Waals surface area contributed by atoms with Crippen LogP contribution in [0.5, 0.6) is 11.6 Å². The molecule has 3 rings (SSSR count). The third kappa shape index (κ3) is 2.83. The first kappa shape index (κ1) is 13.8. The van der Waals surface area contributed by atoms with E-state index in [1.807, 2.05) is 24.3 Å². The van der Waals surface area contributed by atoms with E-state index in [0.29, 0.717) is 23.1 Å². The van der Waals surface area contributed by atoms with Crippen LogP contribution in [-0.2, 0) is 5.88 Å². The second-order valence-corrected chi connectivity index (χ2v) is 5.05. The molecule has 0 radical (unpaired) electrons. The maximum Gasteiger partial charge on any atom is 0.220 e. The molecule has 1 aromatic heterocycles. The van der Waals surface area contributed by atoms with Gasteiger partial charge in [0.05, 0.1) is 5.52 Å². The number of nitrogens with zero attached hydrogens (tertiary/aromatic N) is 1. The molecule has 0 bridgehead atoms. The van der Waals surface area contributed by atoms with Gasteiger partial charge in [-0.15, -0.1) is 11.6 Å². The van der Waals surface area contributed by atoms with Crippen LogP contribution in [0.25, 0.3) is 10.9 Å². The number of ether oxygens (including phenoxy) is 1. The predicted octanol–water partition coefficient (Wildman–Crippen LogP) is 5.21. The molecular formula is C17H13ClFNO. The number of fused-ring (bicyclic) bond motifs is 1.